The smallest absolute Gasteiger partial charge is 0.339 e. The van der Waals surface area contributed by atoms with Crippen LogP contribution in [-0.2, 0) is 10.1 Å². The summed E-state index contributed by atoms with van der Waals surface area (Å²) >= 11 is 0. The number of halogens is 2. The van der Waals surface area contributed by atoms with E-state index < -0.39 is 27.5 Å². The first-order valence-electron chi connectivity index (χ1n) is 5.35. The lowest BCUT2D eigenvalue weighted by Crippen LogP contribution is -2.11. The standard InChI is InChI=1S/C13H10F2O3S/c1-9-5-7-10(8-6-9)19(16,17)18-12-4-2-3-11(14)13(12)15/h2-8H,1H3. The Labute approximate surface area is 109 Å². The van der Waals surface area contributed by atoms with E-state index in [4.69, 9.17) is 0 Å². The predicted octanol–water partition coefficient (Wildman–Crippen LogP) is 3.04. The van der Waals surface area contributed by atoms with Crippen molar-refractivity contribution in [3.05, 3.63) is 59.7 Å². The van der Waals surface area contributed by atoms with Crippen molar-refractivity contribution in [2.45, 2.75) is 11.8 Å². The summed E-state index contributed by atoms with van der Waals surface area (Å²) in [4.78, 5) is -0.123. The molecule has 0 bridgehead atoms. The van der Waals surface area contributed by atoms with E-state index in [1.165, 1.54) is 18.2 Å². The molecule has 0 unspecified atom stereocenters. The third-order valence-corrected chi connectivity index (χ3v) is 3.67. The van der Waals surface area contributed by atoms with Gasteiger partial charge < -0.3 is 4.18 Å². The molecular formula is C13H10F2O3S. The van der Waals surface area contributed by atoms with E-state index in [0.29, 0.717) is 0 Å². The number of hydrogen-bond acceptors (Lipinski definition) is 3. The highest BCUT2D eigenvalue weighted by Crippen LogP contribution is 2.23. The van der Waals surface area contributed by atoms with Gasteiger partial charge in [-0.1, -0.05) is 23.8 Å². The topological polar surface area (TPSA) is 43.4 Å². The number of rotatable bonds is 3. The Balaban J connectivity index is 2.36. The summed E-state index contributed by atoms with van der Waals surface area (Å²) in [5.74, 6) is -3.17. The summed E-state index contributed by atoms with van der Waals surface area (Å²) in [6.45, 7) is 1.80. The Morgan fingerprint density at radius 1 is 1.00 bits per heavy atom. The van der Waals surface area contributed by atoms with Crippen LogP contribution in [0, 0.1) is 18.6 Å². The molecule has 0 aromatic heterocycles. The van der Waals surface area contributed by atoms with Crippen LogP contribution in [0.5, 0.6) is 5.75 Å². The van der Waals surface area contributed by atoms with Crippen molar-refractivity contribution in [1.82, 2.24) is 0 Å². The van der Waals surface area contributed by atoms with E-state index in [-0.39, 0.29) is 4.90 Å². The Morgan fingerprint density at radius 2 is 1.63 bits per heavy atom. The Kier molecular flexibility index (Phi) is 3.53. The summed E-state index contributed by atoms with van der Waals surface area (Å²) in [5.41, 5.74) is 0.871. The zero-order chi connectivity index (χ0) is 14.0. The highest BCUT2D eigenvalue weighted by molar-refractivity contribution is 7.87. The Bertz CT molecular complexity index is 694. The molecule has 2 rings (SSSR count). The van der Waals surface area contributed by atoms with Gasteiger partial charge in [-0.2, -0.15) is 12.8 Å². The van der Waals surface area contributed by atoms with Gasteiger partial charge in [0.2, 0.25) is 5.82 Å². The average Bonchev–Trinajstić information content (AvgIpc) is 2.35. The fourth-order valence-corrected chi connectivity index (χ4v) is 2.35. The second-order valence-corrected chi connectivity index (χ2v) is 5.45. The summed E-state index contributed by atoms with van der Waals surface area (Å²) in [6.07, 6.45) is 0. The second-order valence-electron chi connectivity index (χ2n) is 3.90. The number of hydrogen-bond donors (Lipinski definition) is 0. The Hall–Kier alpha value is -1.95. The first-order chi connectivity index (χ1) is 8.90. The van der Waals surface area contributed by atoms with Crippen molar-refractivity contribution >= 4 is 10.1 Å². The molecule has 0 N–H and O–H groups in total. The molecular weight excluding hydrogens is 274 g/mol. The van der Waals surface area contributed by atoms with E-state index in [2.05, 4.69) is 4.18 Å². The summed E-state index contributed by atoms with van der Waals surface area (Å²) < 4.78 is 54.6. The molecule has 0 saturated carbocycles. The van der Waals surface area contributed by atoms with Crippen LogP contribution in [0.3, 0.4) is 0 Å². The molecule has 0 aliphatic carbocycles. The summed E-state index contributed by atoms with van der Waals surface area (Å²) in [6, 6.07) is 8.92. The maximum atomic E-state index is 13.3. The van der Waals surface area contributed by atoms with Gasteiger partial charge in [-0.3, -0.25) is 0 Å². The third-order valence-electron chi connectivity index (χ3n) is 2.43. The molecule has 0 aliphatic heterocycles. The minimum Gasteiger partial charge on any atom is -0.376 e. The van der Waals surface area contributed by atoms with Gasteiger partial charge in [-0.05, 0) is 31.2 Å². The molecule has 0 saturated heterocycles. The summed E-state index contributed by atoms with van der Waals surface area (Å²) in [7, 11) is -4.18. The van der Waals surface area contributed by atoms with Gasteiger partial charge in [0.15, 0.2) is 11.6 Å². The van der Waals surface area contributed by atoms with Crippen LogP contribution in [0.1, 0.15) is 5.56 Å². The van der Waals surface area contributed by atoms with E-state index >= 15 is 0 Å². The molecule has 2 aromatic rings. The third kappa shape index (κ3) is 2.90. The maximum absolute atomic E-state index is 13.3. The van der Waals surface area contributed by atoms with Gasteiger partial charge in [0, 0.05) is 0 Å². The molecule has 0 spiro atoms. The molecule has 0 heterocycles. The highest BCUT2D eigenvalue weighted by atomic mass is 32.2. The molecule has 0 radical (unpaired) electrons. The highest BCUT2D eigenvalue weighted by Gasteiger charge is 2.20. The van der Waals surface area contributed by atoms with E-state index in [1.807, 2.05) is 0 Å². The first kappa shape index (κ1) is 13.5. The van der Waals surface area contributed by atoms with Crippen molar-refractivity contribution in [3.63, 3.8) is 0 Å². The monoisotopic (exact) mass is 284 g/mol. The molecule has 6 heteroatoms. The van der Waals surface area contributed by atoms with Gasteiger partial charge in [0.1, 0.15) is 4.90 Å². The second kappa shape index (κ2) is 4.97. The van der Waals surface area contributed by atoms with Crippen LogP contribution in [0.25, 0.3) is 0 Å². The van der Waals surface area contributed by atoms with Crippen LogP contribution in [0.15, 0.2) is 47.4 Å². The zero-order valence-electron chi connectivity index (χ0n) is 9.93. The van der Waals surface area contributed by atoms with Gasteiger partial charge in [-0.15, -0.1) is 0 Å². The molecule has 0 aliphatic rings. The fourth-order valence-electron chi connectivity index (χ4n) is 1.42. The number of benzene rings is 2. The van der Waals surface area contributed by atoms with E-state index in [1.54, 1.807) is 19.1 Å². The van der Waals surface area contributed by atoms with E-state index in [0.717, 1.165) is 17.7 Å². The lowest BCUT2D eigenvalue weighted by atomic mass is 10.2. The van der Waals surface area contributed by atoms with Gasteiger partial charge in [0.05, 0.1) is 0 Å². The Morgan fingerprint density at radius 3 is 2.26 bits per heavy atom. The fraction of sp³-hybridized carbons (Fsp3) is 0.0769. The first-order valence-corrected chi connectivity index (χ1v) is 6.76. The lowest BCUT2D eigenvalue weighted by molar-refractivity contribution is 0.437. The number of aryl methyl sites for hydroxylation is 1. The molecule has 19 heavy (non-hydrogen) atoms. The van der Waals surface area contributed by atoms with Crippen molar-refractivity contribution in [2.75, 3.05) is 0 Å². The minimum atomic E-state index is -4.18. The van der Waals surface area contributed by atoms with Gasteiger partial charge in [0.25, 0.3) is 0 Å². The van der Waals surface area contributed by atoms with Crippen molar-refractivity contribution in [2.24, 2.45) is 0 Å². The van der Waals surface area contributed by atoms with Crippen molar-refractivity contribution < 1.29 is 21.4 Å². The largest absolute Gasteiger partial charge is 0.376 e. The quantitative estimate of drug-likeness (QED) is 0.814. The maximum Gasteiger partial charge on any atom is 0.339 e. The normalized spacial score (nSPS) is 11.3. The van der Waals surface area contributed by atoms with Crippen LogP contribution in [-0.4, -0.2) is 8.42 Å². The van der Waals surface area contributed by atoms with Crippen LogP contribution < -0.4 is 4.18 Å². The summed E-state index contributed by atoms with van der Waals surface area (Å²) in [5, 5.41) is 0. The SMILES string of the molecule is Cc1ccc(S(=O)(=O)Oc2cccc(F)c2F)cc1. The zero-order valence-corrected chi connectivity index (χ0v) is 10.7. The molecule has 100 valence electrons. The average molecular weight is 284 g/mol. The molecule has 0 amide bonds. The van der Waals surface area contributed by atoms with E-state index in [9.17, 15) is 17.2 Å². The van der Waals surface area contributed by atoms with Crippen LogP contribution >= 0.6 is 0 Å². The van der Waals surface area contributed by atoms with Crippen molar-refractivity contribution in [3.8, 4) is 5.75 Å². The lowest BCUT2D eigenvalue weighted by Gasteiger charge is -2.08. The molecule has 2 aromatic carbocycles. The molecule has 0 fully saturated rings. The molecule has 0 atom stereocenters. The van der Waals surface area contributed by atoms with Crippen LogP contribution in [0.2, 0.25) is 0 Å². The minimum absolute atomic E-state index is 0.123. The predicted molar refractivity (Wildman–Crippen MR) is 65.4 cm³/mol. The van der Waals surface area contributed by atoms with Gasteiger partial charge >= 0.3 is 10.1 Å². The molecule has 3 nitrogen and oxygen atoms in total. The van der Waals surface area contributed by atoms with Crippen LogP contribution in [0.4, 0.5) is 8.78 Å². The van der Waals surface area contributed by atoms with Gasteiger partial charge in [-0.25, -0.2) is 4.39 Å². The van der Waals surface area contributed by atoms with Crippen molar-refractivity contribution in [1.29, 1.82) is 0 Å².